The van der Waals surface area contributed by atoms with Crippen LogP contribution in [-0.2, 0) is 0 Å². The van der Waals surface area contributed by atoms with Crippen LogP contribution in [0.15, 0.2) is 0 Å². The van der Waals surface area contributed by atoms with Crippen molar-refractivity contribution in [3.05, 3.63) is 0 Å². The predicted octanol–water partition coefficient (Wildman–Crippen LogP) is 4.43. The third-order valence-electron chi connectivity index (χ3n) is 6.52. The van der Waals surface area contributed by atoms with E-state index in [9.17, 15) is 0 Å². The first-order valence-electron chi connectivity index (χ1n) is 9.36. The van der Waals surface area contributed by atoms with Crippen molar-refractivity contribution in [1.29, 1.82) is 0 Å². The molecule has 3 atom stereocenters. The highest BCUT2D eigenvalue weighted by Gasteiger charge is 2.40. The normalized spacial score (nSPS) is 36.4. The molecule has 3 unspecified atom stereocenters. The zero-order valence-corrected chi connectivity index (χ0v) is 15.0. The molecule has 2 heteroatoms. The van der Waals surface area contributed by atoms with Crippen LogP contribution in [0.3, 0.4) is 0 Å². The van der Waals surface area contributed by atoms with E-state index >= 15 is 0 Å². The van der Waals surface area contributed by atoms with E-state index in [1.807, 2.05) is 0 Å². The van der Waals surface area contributed by atoms with Crippen molar-refractivity contribution in [2.45, 2.75) is 84.6 Å². The van der Waals surface area contributed by atoms with Gasteiger partial charge in [-0.2, -0.15) is 0 Å². The number of hydrogen-bond donors (Lipinski definition) is 1. The second kappa shape index (κ2) is 7.00. The zero-order chi connectivity index (χ0) is 15.5. The molecule has 0 spiro atoms. The average Bonchev–Trinajstić information content (AvgIpc) is 2.70. The van der Waals surface area contributed by atoms with Gasteiger partial charge in [0.1, 0.15) is 0 Å². The van der Waals surface area contributed by atoms with E-state index in [-0.39, 0.29) is 0 Å². The van der Waals surface area contributed by atoms with E-state index in [2.05, 4.69) is 32.6 Å². The Morgan fingerprint density at radius 1 is 1.10 bits per heavy atom. The molecule has 0 aromatic rings. The minimum absolute atomic E-state index is 0.313. The first kappa shape index (κ1) is 17.3. The summed E-state index contributed by atoms with van der Waals surface area (Å²) in [6, 6.07) is 0. The average molecular weight is 295 g/mol. The molecular formula is C19H38N2. The molecule has 1 saturated heterocycles. The van der Waals surface area contributed by atoms with Crippen LogP contribution in [0.5, 0.6) is 0 Å². The summed E-state index contributed by atoms with van der Waals surface area (Å²) in [7, 11) is 0. The summed E-state index contributed by atoms with van der Waals surface area (Å²) in [6.45, 7) is 13.1. The molecule has 21 heavy (non-hydrogen) atoms. The number of rotatable bonds is 3. The Morgan fingerprint density at radius 2 is 1.86 bits per heavy atom. The van der Waals surface area contributed by atoms with Crippen molar-refractivity contribution in [3.8, 4) is 0 Å². The van der Waals surface area contributed by atoms with Crippen molar-refractivity contribution in [1.82, 2.24) is 4.90 Å². The summed E-state index contributed by atoms with van der Waals surface area (Å²) in [5.74, 6) is 1.78. The fraction of sp³-hybridized carbons (Fsp3) is 1.00. The number of nitrogens with zero attached hydrogens (tertiary/aromatic N) is 1. The van der Waals surface area contributed by atoms with Gasteiger partial charge in [-0.15, -0.1) is 0 Å². The van der Waals surface area contributed by atoms with Gasteiger partial charge in [-0.05, 0) is 62.3 Å². The summed E-state index contributed by atoms with van der Waals surface area (Å²) < 4.78 is 0. The highest BCUT2D eigenvalue weighted by Crippen LogP contribution is 2.42. The first-order chi connectivity index (χ1) is 9.91. The van der Waals surface area contributed by atoms with Crippen molar-refractivity contribution < 1.29 is 0 Å². The van der Waals surface area contributed by atoms with E-state index in [4.69, 9.17) is 5.73 Å². The Balaban J connectivity index is 2.07. The van der Waals surface area contributed by atoms with Crippen LogP contribution in [0.1, 0.15) is 79.1 Å². The summed E-state index contributed by atoms with van der Waals surface area (Å²) >= 11 is 0. The van der Waals surface area contributed by atoms with E-state index in [0.717, 1.165) is 18.4 Å². The topological polar surface area (TPSA) is 29.3 Å². The van der Waals surface area contributed by atoms with Crippen molar-refractivity contribution in [2.24, 2.45) is 23.0 Å². The van der Waals surface area contributed by atoms with Crippen molar-refractivity contribution in [2.75, 3.05) is 19.6 Å². The Bertz CT molecular complexity index is 320. The maximum atomic E-state index is 6.34. The molecule has 1 aliphatic carbocycles. The van der Waals surface area contributed by atoms with Crippen LogP contribution >= 0.6 is 0 Å². The Hall–Kier alpha value is -0.0800. The van der Waals surface area contributed by atoms with Gasteiger partial charge in [-0.3, -0.25) is 4.90 Å². The van der Waals surface area contributed by atoms with Gasteiger partial charge >= 0.3 is 0 Å². The van der Waals surface area contributed by atoms with Gasteiger partial charge in [0, 0.05) is 18.6 Å². The number of hydrogen-bond acceptors (Lipinski definition) is 2. The Kier molecular flexibility index (Phi) is 5.76. The van der Waals surface area contributed by atoms with Crippen LogP contribution in [0.2, 0.25) is 0 Å². The van der Waals surface area contributed by atoms with Crippen LogP contribution in [0.25, 0.3) is 0 Å². The third kappa shape index (κ3) is 4.01. The monoisotopic (exact) mass is 294 g/mol. The summed E-state index contributed by atoms with van der Waals surface area (Å²) in [6.07, 6.45) is 10.9. The lowest BCUT2D eigenvalue weighted by molar-refractivity contribution is 0.0328. The summed E-state index contributed by atoms with van der Waals surface area (Å²) in [5.41, 5.74) is 7.11. The maximum absolute atomic E-state index is 6.34. The number of nitrogens with two attached hydrogens (primary N) is 1. The SMILES string of the molecule is CCC1CCCN(C2(CN)CCCC(C(C)(C)C)CC2)C1. The number of likely N-dealkylation sites (tertiary alicyclic amines) is 1. The Labute approximate surface area is 132 Å². The molecule has 0 bridgehead atoms. The molecule has 2 aliphatic rings. The van der Waals surface area contributed by atoms with Crippen LogP contribution in [0, 0.1) is 17.3 Å². The van der Waals surface area contributed by atoms with Gasteiger partial charge in [0.15, 0.2) is 0 Å². The minimum Gasteiger partial charge on any atom is -0.329 e. The molecule has 2 N–H and O–H groups in total. The second-order valence-electron chi connectivity index (χ2n) is 8.78. The molecule has 1 aliphatic heterocycles. The predicted molar refractivity (Wildman–Crippen MR) is 92.4 cm³/mol. The van der Waals surface area contributed by atoms with E-state index < -0.39 is 0 Å². The van der Waals surface area contributed by atoms with Crippen molar-refractivity contribution in [3.63, 3.8) is 0 Å². The van der Waals surface area contributed by atoms with E-state index in [1.165, 1.54) is 64.5 Å². The molecule has 0 aromatic carbocycles. The van der Waals surface area contributed by atoms with Gasteiger partial charge in [0.25, 0.3) is 0 Å². The fourth-order valence-corrected chi connectivity index (χ4v) is 4.73. The van der Waals surface area contributed by atoms with Gasteiger partial charge in [-0.1, -0.05) is 40.5 Å². The highest BCUT2D eigenvalue weighted by molar-refractivity contribution is 4.97. The van der Waals surface area contributed by atoms with E-state index in [1.54, 1.807) is 0 Å². The molecule has 2 rings (SSSR count). The molecule has 0 radical (unpaired) electrons. The molecule has 0 amide bonds. The Morgan fingerprint density at radius 3 is 2.48 bits per heavy atom. The van der Waals surface area contributed by atoms with Crippen LogP contribution in [-0.4, -0.2) is 30.1 Å². The lowest BCUT2D eigenvalue weighted by atomic mass is 9.76. The quantitative estimate of drug-likeness (QED) is 0.780. The molecule has 1 heterocycles. The summed E-state index contributed by atoms with van der Waals surface area (Å²) in [5, 5.41) is 0. The minimum atomic E-state index is 0.313. The standard InChI is InChI=1S/C19H38N2/c1-5-16-8-7-13-21(14-16)19(15-20)11-6-9-17(10-12-19)18(2,3)4/h16-17H,5-15,20H2,1-4H3. The maximum Gasteiger partial charge on any atom is 0.0331 e. The van der Waals surface area contributed by atoms with Gasteiger partial charge in [0.05, 0.1) is 0 Å². The molecule has 0 aromatic heterocycles. The van der Waals surface area contributed by atoms with Crippen LogP contribution < -0.4 is 5.73 Å². The number of piperidine rings is 1. The summed E-state index contributed by atoms with van der Waals surface area (Å²) in [4.78, 5) is 2.80. The molecule has 1 saturated carbocycles. The molecule has 2 fully saturated rings. The largest absolute Gasteiger partial charge is 0.329 e. The van der Waals surface area contributed by atoms with E-state index in [0.29, 0.717) is 11.0 Å². The van der Waals surface area contributed by atoms with Gasteiger partial charge in [-0.25, -0.2) is 0 Å². The van der Waals surface area contributed by atoms with Gasteiger partial charge in [0.2, 0.25) is 0 Å². The third-order valence-corrected chi connectivity index (χ3v) is 6.52. The molecule has 124 valence electrons. The van der Waals surface area contributed by atoms with Crippen LogP contribution in [0.4, 0.5) is 0 Å². The fourth-order valence-electron chi connectivity index (χ4n) is 4.73. The lowest BCUT2D eigenvalue weighted by Crippen LogP contribution is -2.56. The lowest BCUT2D eigenvalue weighted by Gasteiger charge is -2.47. The highest BCUT2D eigenvalue weighted by atomic mass is 15.2. The molecular weight excluding hydrogens is 256 g/mol. The van der Waals surface area contributed by atoms with Gasteiger partial charge < -0.3 is 5.73 Å². The zero-order valence-electron chi connectivity index (χ0n) is 15.0. The second-order valence-corrected chi connectivity index (χ2v) is 8.78. The first-order valence-corrected chi connectivity index (χ1v) is 9.36. The smallest absolute Gasteiger partial charge is 0.0331 e. The molecule has 2 nitrogen and oxygen atoms in total. The van der Waals surface area contributed by atoms with Crippen molar-refractivity contribution >= 4 is 0 Å².